The van der Waals surface area contributed by atoms with Crippen LogP contribution in [0.15, 0.2) is 0 Å². The number of carbonyl (C=O) groups is 2. The van der Waals surface area contributed by atoms with Crippen molar-refractivity contribution >= 4 is 11.9 Å². The molecule has 0 unspecified atom stereocenters. The molecular formula is C10H17NO4. The molecule has 1 fully saturated rings. The average molecular weight is 215 g/mol. The molecule has 5 heteroatoms. The molecule has 1 aliphatic rings. The summed E-state index contributed by atoms with van der Waals surface area (Å²) in [5.41, 5.74) is 5.27. The van der Waals surface area contributed by atoms with Crippen molar-refractivity contribution in [2.45, 2.75) is 50.7 Å². The van der Waals surface area contributed by atoms with E-state index in [1.165, 1.54) is 0 Å². The van der Waals surface area contributed by atoms with Crippen molar-refractivity contribution in [3.05, 3.63) is 0 Å². The van der Waals surface area contributed by atoms with E-state index in [1.807, 2.05) is 0 Å². The van der Waals surface area contributed by atoms with Crippen LogP contribution in [0.3, 0.4) is 0 Å². The van der Waals surface area contributed by atoms with Crippen molar-refractivity contribution in [1.29, 1.82) is 0 Å². The fourth-order valence-corrected chi connectivity index (χ4v) is 1.65. The molecule has 0 aromatic rings. The van der Waals surface area contributed by atoms with Crippen molar-refractivity contribution < 1.29 is 19.4 Å². The first-order chi connectivity index (χ1) is 7.09. The second kappa shape index (κ2) is 5.70. The van der Waals surface area contributed by atoms with Crippen LogP contribution in [0.1, 0.15) is 38.5 Å². The molecule has 86 valence electrons. The summed E-state index contributed by atoms with van der Waals surface area (Å²) in [5.74, 6) is -1.41. The number of hydrogen-bond donors (Lipinski definition) is 2. The maximum Gasteiger partial charge on any atom is 0.320 e. The highest BCUT2D eigenvalue weighted by Crippen LogP contribution is 2.21. The van der Waals surface area contributed by atoms with Crippen LogP contribution in [-0.4, -0.2) is 29.2 Å². The molecule has 0 aromatic carbocycles. The van der Waals surface area contributed by atoms with Gasteiger partial charge in [0.1, 0.15) is 12.1 Å². The van der Waals surface area contributed by atoms with Crippen molar-refractivity contribution in [2.24, 2.45) is 5.73 Å². The number of nitrogens with two attached hydrogens (primary N) is 1. The number of aliphatic carboxylic acids is 1. The van der Waals surface area contributed by atoms with Gasteiger partial charge < -0.3 is 15.6 Å². The van der Waals surface area contributed by atoms with E-state index in [2.05, 4.69) is 0 Å². The Labute approximate surface area is 88.6 Å². The van der Waals surface area contributed by atoms with Gasteiger partial charge in [0.2, 0.25) is 0 Å². The zero-order valence-electron chi connectivity index (χ0n) is 8.65. The third-order valence-electron chi connectivity index (χ3n) is 2.58. The molecule has 0 saturated heterocycles. The van der Waals surface area contributed by atoms with Gasteiger partial charge in [0.25, 0.3) is 0 Å². The Balaban J connectivity index is 2.15. The second-order valence-electron chi connectivity index (χ2n) is 3.88. The number of ether oxygens (including phenoxy) is 1. The van der Waals surface area contributed by atoms with Crippen molar-refractivity contribution in [2.75, 3.05) is 0 Å². The molecule has 0 radical (unpaired) electrons. The van der Waals surface area contributed by atoms with E-state index < -0.39 is 12.0 Å². The Kier molecular flexibility index (Phi) is 4.55. The molecule has 1 aliphatic carbocycles. The second-order valence-corrected chi connectivity index (χ2v) is 3.88. The number of carbonyl (C=O) groups excluding carboxylic acids is 1. The minimum absolute atomic E-state index is 0.0403. The van der Waals surface area contributed by atoms with Crippen LogP contribution in [0.5, 0.6) is 0 Å². The first-order valence-electron chi connectivity index (χ1n) is 5.27. The smallest absolute Gasteiger partial charge is 0.320 e. The Morgan fingerprint density at radius 3 is 2.53 bits per heavy atom. The van der Waals surface area contributed by atoms with Crippen molar-refractivity contribution in [3.63, 3.8) is 0 Å². The number of esters is 1. The lowest BCUT2D eigenvalue weighted by Crippen LogP contribution is -2.31. The number of carboxylic acids is 1. The monoisotopic (exact) mass is 215 g/mol. The van der Waals surface area contributed by atoms with Gasteiger partial charge in [-0.05, 0) is 32.1 Å². The lowest BCUT2D eigenvalue weighted by molar-refractivity contribution is -0.149. The fraction of sp³-hybridized carbons (Fsp3) is 0.800. The van der Waals surface area contributed by atoms with Crippen LogP contribution in [0, 0.1) is 0 Å². The van der Waals surface area contributed by atoms with E-state index in [-0.39, 0.29) is 24.9 Å². The van der Waals surface area contributed by atoms with Crippen molar-refractivity contribution in [3.8, 4) is 0 Å². The summed E-state index contributed by atoms with van der Waals surface area (Å²) >= 11 is 0. The Bertz CT molecular complexity index is 236. The summed E-state index contributed by atoms with van der Waals surface area (Å²) in [6.07, 6.45) is 4.33. The zero-order valence-corrected chi connectivity index (χ0v) is 8.65. The maximum absolute atomic E-state index is 11.3. The fourth-order valence-electron chi connectivity index (χ4n) is 1.65. The Hall–Kier alpha value is -1.10. The van der Waals surface area contributed by atoms with Crippen LogP contribution in [0.2, 0.25) is 0 Å². The lowest BCUT2D eigenvalue weighted by atomic mass is 10.2. The van der Waals surface area contributed by atoms with Crippen LogP contribution in [-0.2, 0) is 14.3 Å². The molecule has 0 aliphatic heterocycles. The quantitative estimate of drug-likeness (QED) is 0.658. The van der Waals surface area contributed by atoms with Gasteiger partial charge >= 0.3 is 11.9 Å². The lowest BCUT2D eigenvalue weighted by Gasteiger charge is -2.11. The first-order valence-corrected chi connectivity index (χ1v) is 5.27. The van der Waals surface area contributed by atoms with Crippen LogP contribution in [0.4, 0.5) is 0 Å². The molecule has 0 aromatic heterocycles. The van der Waals surface area contributed by atoms with Gasteiger partial charge in [0.05, 0.1) is 0 Å². The van der Waals surface area contributed by atoms with E-state index in [1.54, 1.807) is 0 Å². The Morgan fingerprint density at radius 1 is 1.40 bits per heavy atom. The van der Waals surface area contributed by atoms with Crippen LogP contribution >= 0.6 is 0 Å². The SMILES string of the molecule is N[C@@H](CCC(=O)OC1CCCC1)C(=O)O. The molecule has 0 bridgehead atoms. The first kappa shape index (κ1) is 12.0. The molecule has 5 nitrogen and oxygen atoms in total. The number of carboxylic acid groups (broad SMARTS) is 1. The predicted molar refractivity (Wildman–Crippen MR) is 53.2 cm³/mol. The summed E-state index contributed by atoms with van der Waals surface area (Å²) in [6, 6.07) is -0.971. The zero-order chi connectivity index (χ0) is 11.3. The summed E-state index contributed by atoms with van der Waals surface area (Å²) in [5, 5.41) is 8.50. The van der Waals surface area contributed by atoms with E-state index in [0.717, 1.165) is 25.7 Å². The summed E-state index contributed by atoms with van der Waals surface area (Å²) in [4.78, 5) is 21.6. The van der Waals surface area contributed by atoms with Gasteiger partial charge in [-0.2, -0.15) is 0 Å². The highest BCUT2D eigenvalue weighted by molar-refractivity contribution is 5.75. The molecule has 0 amide bonds. The minimum Gasteiger partial charge on any atom is -0.480 e. The topological polar surface area (TPSA) is 89.6 Å². The van der Waals surface area contributed by atoms with Gasteiger partial charge in [0.15, 0.2) is 0 Å². The molecule has 0 spiro atoms. The van der Waals surface area contributed by atoms with E-state index in [0.29, 0.717) is 0 Å². The molecule has 1 atom stereocenters. The minimum atomic E-state index is -1.08. The van der Waals surface area contributed by atoms with E-state index >= 15 is 0 Å². The molecule has 1 rings (SSSR count). The number of rotatable bonds is 5. The number of hydrogen-bond acceptors (Lipinski definition) is 4. The highest BCUT2D eigenvalue weighted by Gasteiger charge is 2.20. The molecule has 15 heavy (non-hydrogen) atoms. The van der Waals surface area contributed by atoms with Crippen LogP contribution in [0.25, 0.3) is 0 Å². The van der Waals surface area contributed by atoms with E-state index in [4.69, 9.17) is 15.6 Å². The summed E-state index contributed by atoms with van der Waals surface area (Å²) in [6.45, 7) is 0. The normalized spacial score (nSPS) is 18.7. The maximum atomic E-state index is 11.3. The predicted octanol–water partition coefficient (Wildman–Crippen LogP) is 0.664. The molecule has 1 saturated carbocycles. The standard InChI is InChI=1S/C10H17NO4/c11-8(10(13)14)5-6-9(12)15-7-3-1-2-4-7/h7-8H,1-6,11H2,(H,13,14)/t8-/m0/s1. The Morgan fingerprint density at radius 2 is 2.00 bits per heavy atom. The van der Waals surface area contributed by atoms with Gasteiger partial charge in [-0.1, -0.05) is 0 Å². The molecular weight excluding hydrogens is 198 g/mol. The van der Waals surface area contributed by atoms with Crippen molar-refractivity contribution in [1.82, 2.24) is 0 Å². The van der Waals surface area contributed by atoms with Gasteiger partial charge in [0, 0.05) is 6.42 Å². The largest absolute Gasteiger partial charge is 0.480 e. The summed E-state index contributed by atoms with van der Waals surface area (Å²) in [7, 11) is 0. The van der Waals surface area contributed by atoms with Crippen LogP contribution < -0.4 is 5.73 Å². The van der Waals surface area contributed by atoms with Gasteiger partial charge in [-0.3, -0.25) is 9.59 Å². The highest BCUT2D eigenvalue weighted by atomic mass is 16.5. The summed E-state index contributed by atoms with van der Waals surface area (Å²) < 4.78 is 5.15. The third-order valence-corrected chi connectivity index (χ3v) is 2.58. The molecule has 0 heterocycles. The van der Waals surface area contributed by atoms with Gasteiger partial charge in [-0.15, -0.1) is 0 Å². The van der Waals surface area contributed by atoms with E-state index in [9.17, 15) is 9.59 Å². The van der Waals surface area contributed by atoms with Gasteiger partial charge in [-0.25, -0.2) is 0 Å². The third kappa shape index (κ3) is 4.29. The average Bonchev–Trinajstić information content (AvgIpc) is 2.66. The molecule has 3 N–H and O–H groups in total.